The van der Waals surface area contributed by atoms with Crippen molar-refractivity contribution in [2.24, 2.45) is 22.7 Å². The largest absolute Gasteiger partial charge is 0.453 e. The van der Waals surface area contributed by atoms with Gasteiger partial charge in [-0.1, -0.05) is 18.0 Å². The van der Waals surface area contributed by atoms with Gasteiger partial charge in [0.15, 0.2) is 0 Å². The van der Waals surface area contributed by atoms with Crippen molar-refractivity contribution in [2.75, 3.05) is 29.4 Å². The van der Waals surface area contributed by atoms with Crippen molar-refractivity contribution in [3.8, 4) is 11.3 Å². The van der Waals surface area contributed by atoms with Gasteiger partial charge >= 0.3 is 6.09 Å². The maximum Gasteiger partial charge on any atom is 0.411 e. The molecule has 0 aliphatic carbocycles. The smallest absolute Gasteiger partial charge is 0.411 e. The van der Waals surface area contributed by atoms with Gasteiger partial charge < -0.3 is 31.3 Å². The molecule has 0 saturated heterocycles. The van der Waals surface area contributed by atoms with Crippen LogP contribution in [0, 0.1) is 5.92 Å². The van der Waals surface area contributed by atoms with Crippen molar-refractivity contribution in [1.29, 1.82) is 0 Å². The molecule has 2 atom stereocenters. The summed E-state index contributed by atoms with van der Waals surface area (Å²) in [6.45, 7) is -0.177. The maximum absolute atomic E-state index is 13.1. The molecule has 3 amide bonds. The molecule has 15 heteroatoms. The third kappa shape index (κ3) is 8.34. The number of halogens is 1. The number of ether oxygens (including phenoxy) is 1. The molecule has 2 heterocycles. The number of carbonyl (C=O) groups excluding carboxylic acids is 3. The molecule has 44 heavy (non-hydrogen) atoms. The van der Waals surface area contributed by atoms with Gasteiger partial charge in [0.25, 0.3) is 0 Å². The van der Waals surface area contributed by atoms with Gasteiger partial charge in [0, 0.05) is 40.9 Å². The normalized spacial score (nSPS) is 17.1. The number of nitrogens with two attached hydrogens (primary N) is 2. The molecule has 0 spiro atoms. The molecular formula is C29H34ClN9O5. The van der Waals surface area contributed by atoms with Crippen LogP contribution in [0.2, 0.25) is 5.02 Å². The Kier molecular flexibility index (Phi) is 10.9. The number of H-pyrrole nitrogens is 1. The highest BCUT2D eigenvalue weighted by molar-refractivity contribution is 6.30. The molecule has 14 nitrogen and oxygen atoms in total. The fourth-order valence-electron chi connectivity index (χ4n) is 4.80. The first-order valence-electron chi connectivity index (χ1n) is 13.7. The number of carbonyl (C=O) groups is 3. The summed E-state index contributed by atoms with van der Waals surface area (Å²) in [4.78, 5) is 45.6. The lowest BCUT2D eigenvalue weighted by Crippen LogP contribution is -2.30. The highest BCUT2D eigenvalue weighted by Crippen LogP contribution is 2.32. The highest BCUT2D eigenvalue weighted by atomic mass is 35.5. The predicted molar refractivity (Wildman–Crippen MR) is 168 cm³/mol. The van der Waals surface area contributed by atoms with E-state index >= 15 is 0 Å². The molecule has 2 aromatic carbocycles. The van der Waals surface area contributed by atoms with Crippen molar-refractivity contribution < 1.29 is 24.2 Å². The van der Waals surface area contributed by atoms with Gasteiger partial charge in [-0.25, -0.2) is 15.6 Å². The van der Waals surface area contributed by atoms with Gasteiger partial charge in [-0.3, -0.25) is 19.9 Å². The van der Waals surface area contributed by atoms with E-state index in [4.69, 9.17) is 23.3 Å². The Morgan fingerprint density at radius 2 is 2.09 bits per heavy atom. The molecule has 4 rings (SSSR count). The Bertz CT molecular complexity index is 1560. The van der Waals surface area contributed by atoms with Gasteiger partial charge in [-0.2, -0.15) is 5.10 Å². The third-order valence-electron chi connectivity index (χ3n) is 6.97. The lowest BCUT2D eigenvalue weighted by atomic mass is 9.96. The number of rotatable bonds is 7. The third-order valence-corrected chi connectivity index (χ3v) is 7.20. The van der Waals surface area contributed by atoms with Crippen LogP contribution in [0.15, 0.2) is 53.8 Å². The number of hydrogen-bond acceptors (Lipinski definition) is 9. The van der Waals surface area contributed by atoms with Gasteiger partial charge in [0.2, 0.25) is 11.8 Å². The van der Waals surface area contributed by atoms with E-state index in [-0.39, 0.29) is 24.9 Å². The van der Waals surface area contributed by atoms with Gasteiger partial charge in [0.05, 0.1) is 36.4 Å². The Morgan fingerprint density at radius 3 is 2.84 bits per heavy atom. The molecule has 1 aromatic heterocycles. The molecule has 1 aliphatic rings. The van der Waals surface area contributed by atoms with Crippen molar-refractivity contribution in [3.63, 3.8) is 0 Å². The van der Waals surface area contributed by atoms with Crippen molar-refractivity contribution in [2.45, 2.75) is 31.7 Å². The summed E-state index contributed by atoms with van der Waals surface area (Å²) in [5.41, 5.74) is 3.10. The summed E-state index contributed by atoms with van der Waals surface area (Å²) < 4.78 is 4.67. The van der Waals surface area contributed by atoms with Crippen molar-refractivity contribution in [3.05, 3.63) is 65.1 Å². The molecule has 9 N–H and O–H groups in total. The lowest BCUT2D eigenvalue weighted by Gasteiger charge is -2.18. The van der Waals surface area contributed by atoms with E-state index in [0.717, 1.165) is 0 Å². The van der Waals surface area contributed by atoms with Crippen LogP contribution in [0.3, 0.4) is 0 Å². The first-order chi connectivity index (χ1) is 21.2. The molecule has 0 radical (unpaired) electrons. The summed E-state index contributed by atoms with van der Waals surface area (Å²) >= 11 is 6.17. The number of fused-ring (bicyclic) bond motifs is 4. The molecule has 1 aliphatic heterocycles. The van der Waals surface area contributed by atoms with Gasteiger partial charge in [-0.05, 0) is 61.2 Å². The summed E-state index contributed by atoms with van der Waals surface area (Å²) in [5, 5.41) is 23.5. The number of benzene rings is 2. The van der Waals surface area contributed by atoms with Gasteiger partial charge in [-0.15, -0.1) is 0 Å². The van der Waals surface area contributed by atoms with Crippen molar-refractivity contribution in [1.82, 2.24) is 15.3 Å². The number of nitrogens with zero attached hydrogens (tertiary/aromatic N) is 3. The number of hydrazine groups is 1. The molecule has 0 fully saturated rings. The minimum absolute atomic E-state index is 0.0901. The standard InChI is InChI=1S/C29H34ClN9O5/c1-44-29(43)35-20-7-8-21-23(13-20)37-27(42)11-17(15-40)3-2-4-22(28-33-14-24(21)38-28)36-26(41)10-5-18-12-19(30)6-9-25(18)39(32)16-34-31/h5-10,12-14,16-17,22,40H,2-4,11,15,31-32H2,1H3,(H,33,38)(H,35,43)(H,36,41)(H,37,42)/b10-5+,34-16-/t17?,22-/m0/s1. The van der Waals surface area contributed by atoms with Crippen LogP contribution in [-0.4, -0.2) is 53.0 Å². The zero-order chi connectivity index (χ0) is 31.6. The summed E-state index contributed by atoms with van der Waals surface area (Å²) in [6, 6.07) is 9.44. The average molecular weight is 624 g/mol. The van der Waals surface area contributed by atoms with Crippen LogP contribution in [0.1, 0.15) is 43.1 Å². The number of hydrazone groups is 1. The highest BCUT2D eigenvalue weighted by Gasteiger charge is 2.22. The fraction of sp³-hybridized carbons (Fsp3) is 0.276. The molecular weight excluding hydrogens is 590 g/mol. The van der Waals surface area contributed by atoms with Crippen LogP contribution < -0.4 is 32.6 Å². The number of aliphatic hydroxyl groups excluding tert-OH is 1. The predicted octanol–water partition coefficient (Wildman–Crippen LogP) is 3.48. The maximum atomic E-state index is 13.1. The van der Waals surface area contributed by atoms with E-state index < -0.39 is 18.0 Å². The Labute approximate surface area is 258 Å². The monoisotopic (exact) mass is 623 g/mol. The molecule has 0 saturated carbocycles. The number of nitrogens with one attached hydrogen (secondary N) is 4. The number of aliphatic hydroxyl groups is 1. The molecule has 1 unspecified atom stereocenters. The first-order valence-corrected chi connectivity index (χ1v) is 14.1. The van der Waals surface area contributed by atoms with Crippen LogP contribution >= 0.6 is 11.6 Å². The van der Waals surface area contributed by atoms with E-state index in [2.05, 4.69) is 35.8 Å². The van der Waals surface area contributed by atoms with E-state index in [9.17, 15) is 19.5 Å². The lowest BCUT2D eigenvalue weighted by molar-refractivity contribution is -0.118. The van der Waals surface area contributed by atoms with E-state index in [1.807, 2.05) is 0 Å². The summed E-state index contributed by atoms with van der Waals surface area (Å²) in [5.74, 6) is 10.7. The quantitative estimate of drug-likeness (QED) is 0.0673. The SMILES string of the molecule is COC(=O)Nc1ccc2c(c1)NC(=O)CC(CO)CCC[C@H](NC(=O)/C=C/c1cc(Cl)ccc1N(N)/C=N\N)c1ncc-2[nH]1. The second kappa shape index (κ2) is 15.0. The van der Waals surface area contributed by atoms with Crippen LogP contribution in [0.5, 0.6) is 0 Å². The topological polar surface area (TPSA) is 213 Å². The number of aromatic nitrogens is 2. The molecule has 232 valence electrons. The minimum Gasteiger partial charge on any atom is -0.453 e. The zero-order valence-electron chi connectivity index (χ0n) is 23.9. The van der Waals surface area contributed by atoms with E-state index in [1.165, 1.54) is 24.5 Å². The number of amides is 3. The number of aromatic amines is 1. The van der Waals surface area contributed by atoms with E-state index in [0.29, 0.717) is 64.0 Å². The fourth-order valence-corrected chi connectivity index (χ4v) is 4.98. The van der Waals surface area contributed by atoms with E-state index in [1.54, 1.807) is 48.7 Å². The van der Waals surface area contributed by atoms with Crippen LogP contribution in [-0.2, 0) is 14.3 Å². The summed E-state index contributed by atoms with van der Waals surface area (Å²) in [7, 11) is 1.25. The second-order valence-electron chi connectivity index (χ2n) is 10.1. The number of imidazole rings is 1. The second-order valence-corrected chi connectivity index (χ2v) is 10.5. The number of methoxy groups -OCH3 is 1. The minimum atomic E-state index is -0.658. The summed E-state index contributed by atoms with van der Waals surface area (Å²) in [6.07, 6.45) is 6.82. The number of hydrogen-bond donors (Lipinski definition) is 7. The Hall–Kier alpha value is -4.92. The average Bonchev–Trinajstić information content (AvgIpc) is 3.49. The van der Waals surface area contributed by atoms with Gasteiger partial charge in [0.1, 0.15) is 12.2 Å². The van der Waals surface area contributed by atoms with Crippen LogP contribution in [0.4, 0.5) is 21.9 Å². The Morgan fingerprint density at radius 1 is 1.27 bits per heavy atom. The number of anilines is 3. The first kappa shape index (κ1) is 32.0. The molecule has 3 aromatic rings. The molecule has 2 bridgehead atoms. The van der Waals surface area contributed by atoms with Crippen LogP contribution in [0.25, 0.3) is 17.3 Å². The Balaban J connectivity index is 1.62. The zero-order valence-corrected chi connectivity index (χ0v) is 24.7. The van der Waals surface area contributed by atoms with Crippen molar-refractivity contribution >= 4 is 59.0 Å².